The summed E-state index contributed by atoms with van der Waals surface area (Å²) in [6.45, 7) is -0.861. The smallest absolute Gasteiger partial charge is 0.230 e. The first-order valence-electron chi connectivity index (χ1n) is 2.02. The molecular formula is C3H7FNO2S. The van der Waals surface area contributed by atoms with Crippen molar-refractivity contribution < 1.29 is 12.8 Å². The van der Waals surface area contributed by atoms with Gasteiger partial charge in [-0.25, -0.2) is 12.8 Å². The van der Waals surface area contributed by atoms with E-state index in [1.165, 1.54) is 0 Å². The van der Waals surface area contributed by atoms with Gasteiger partial charge in [0.05, 0.1) is 5.75 Å². The van der Waals surface area contributed by atoms with Gasteiger partial charge in [0.25, 0.3) is 0 Å². The second kappa shape index (κ2) is 2.99. The minimum absolute atomic E-state index is 0.497. The molecule has 0 heterocycles. The van der Waals surface area contributed by atoms with E-state index in [1.807, 2.05) is 0 Å². The second-order valence-corrected chi connectivity index (χ2v) is 3.09. The third-order valence-electron chi connectivity index (χ3n) is 0.613. The molecule has 0 aliphatic heterocycles. The van der Waals surface area contributed by atoms with E-state index >= 15 is 0 Å². The highest BCUT2D eigenvalue weighted by Crippen LogP contribution is 1.82. The first-order valence-corrected chi connectivity index (χ1v) is 3.63. The van der Waals surface area contributed by atoms with E-state index in [0.717, 1.165) is 7.05 Å². The van der Waals surface area contributed by atoms with Crippen LogP contribution in [0.4, 0.5) is 4.39 Å². The average molecular weight is 140 g/mol. The predicted octanol–water partition coefficient (Wildman–Crippen LogP) is -0.480. The zero-order valence-electron chi connectivity index (χ0n) is 4.46. The standard InChI is InChI=1S/C3H7FNO2S/c1-5-8(6,7)3-2-4/h2-3H2,1H3. The third kappa shape index (κ3) is 2.92. The lowest BCUT2D eigenvalue weighted by Gasteiger charge is -1.91. The van der Waals surface area contributed by atoms with Gasteiger partial charge in [-0.15, -0.1) is 4.72 Å². The highest BCUT2D eigenvalue weighted by atomic mass is 32.2. The molecule has 49 valence electrons. The quantitative estimate of drug-likeness (QED) is 0.531. The fraction of sp³-hybridized carbons (Fsp3) is 1.00. The number of rotatable bonds is 3. The molecule has 0 amide bonds. The van der Waals surface area contributed by atoms with Gasteiger partial charge < -0.3 is 0 Å². The van der Waals surface area contributed by atoms with E-state index in [1.54, 1.807) is 0 Å². The van der Waals surface area contributed by atoms with Crippen molar-refractivity contribution in [2.24, 2.45) is 0 Å². The lowest BCUT2D eigenvalue weighted by atomic mass is 10.9. The Morgan fingerprint density at radius 3 is 2.25 bits per heavy atom. The Labute approximate surface area is 47.9 Å². The van der Waals surface area contributed by atoms with E-state index in [-0.39, 0.29) is 0 Å². The Morgan fingerprint density at radius 2 is 2.12 bits per heavy atom. The Bertz CT molecular complexity index is 141. The molecule has 0 spiro atoms. The van der Waals surface area contributed by atoms with Gasteiger partial charge in [0.1, 0.15) is 6.67 Å². The van der Waals surface area contributed by atoms with Crippen LogP contribution in [-0.2, 0) is 10.0 Å². The summed E-state index contributed by atoms with van der Waals surface area (Å²) in [5.74, 6) is -0.497. The topological polar surface area (TPSA) is 48.2 Å². The molecule has 0 aliphatic rings. The van der Waals surface area contributed by atoms with Crippen LogP contribution in [0.25, 0.3) is 0 Å². The van der Waals surface area contributed by atoms with Crippen LogP contribution in [0.3, 0.4) is 0 Å². The van der Waals surface area contributed by atoms with Crippen molar-refractivity contribution in [2.75, 3.05) is 19.5 Å². The van der Waals surface area contributed by atoms with Gasteiger partial charge in [0.2, 0.25) is 10.0 Å². The monoisotopic (exact) mass is 140 g/mol. The van der Waals surface area contributed by atoms with E-state index in [0.29, 0.717) is 0 Å². The van der Waals surface area contributed by atoms with Crippen LogP contribution in [0.2, 0.25) is 0 Å². The molecule has 8 heavy (non-hydrogen) atoms. The molecule has 0 aromatic rings. The van der Waals surface area contributed by atoms with Crippen molar-refractivity contribution in [3.05, 3.63) is 0 Å². The minimum atomic E-state index is -3.42. The van der Waals surface area contributed by atoms with Gasteiger partial charge in [-0.2, -0.15) is 0 Å². The van der Waals surface area contributed by atoms with E-state index in [9.17, 15) is 12.8 Å². The third-order valence-corrected chi connectivity index (χ3v) is 1.84. The largest absolute Gasteiger partial charge is 0.250 e. The van der Waals surface area contributed by atoms with Crippen LogP contribution in [0.1, 0.15) is 0 Å². The molecule has 0 aromatic carbocycles. The highest BCUT2D eigenvalue weighted by molar-refractivity contribution is 7.89. The van der Waals surface area contributed by atoms with Crippen LogP contribution >= 0.6 is 0 Å². The van der Waals surface area contributed by atoms with Gasteiger partial charge >= 0.3 is 0 Å². The van der Waals surface area contributed by atoms with Crippen LogP contribution in [0.15, 0.2) is 0 Å². The maximum absolute atomic E-state index is 11.2. The Morgan fingerprint density at radius 1 is 1.62 bits per heavy atom. The van der Waals surface area contributed by atoms with Gasteiger partial charge in [0.15, 0.2) is 0 Å². The molecule has 0 aliphatic carbocycles. The molecule has 0 atom stereocenters. The number of sulfonamides is 1. The van der Waals surface area contributed by atoms with Crippen LogP contribution in [0, 0.1) is 0 Å². The first kappa shape index (κ1) is 7.84. The maximum Gasteiger partial charge on any atom is 0.230 e. The number of hydrogen-bond donors (Lipinski definition) is 0. The maximum atomic E-state index is 11.2. The van der Waals surface area contributed by atoms with Gasteiger partial charge in [0, 0.05) is 7.05 Å². The molecule has 5 heteroatoms. The molecule has 0 fully saturated rings. The molecule has 0 N–H and O–H groups in total. The van der Waals surface area contributed by atoms with Crippen LogP contribution < -0.4 is 4.72 Å². The summed E-state index contributed by atoms with van der Waals surface area (Å²) in [5.41, 5.74) is 0. The Hall–Kier alpha value is -0.160. The summed E-state index contributed by atoms with van der Waals surface area (Å²) in [6.07, 6.45) is 0. The van der Waals surface area contributed by atoms with Gasteiger partial charge in [-0.05, 0) is 0 Å². The summed E-state index contributed by atoms with van der Waals surface area (Å²) < 4.78 is 34.6. The molecule has 0 bridgehead atoms. The first-order chi connectivity index (χ1) is 3.62. The Balaban J connectivity index is 3.76. The Kier molecular flexibility index (Phi) is 2.93. The summed E-state index contributed by atoms with van der Waals surface area (Å²) >= 11 is 0. The fourth-order valence-electron chi connectivity index (χ4n) is 0.189. The molecule has 0 rings (SSSR count). The highest BCUT2D eigenvalue weighted by Gasteiger charge is 2.05. The summed E-state index contributed by atoms with van der Waals surface area (Å²) in [6, 6.07) is 0. The van der Waals surface area contributed by atoms with E-state index in [2.05, 4.69) is 4.72 Å². The molecule has 1 radical (unpaired) electrons. The molecule has 0 aromatic heterocycles. The summed E-state index contributed by atoms with van der Waals surface area (Å²) in [5, 5.41) is 0. The van der Waals surface area contributed by atoms with Gasteiger partial charge in [-0.1, -0.05) is 0 Å². The lowest BCUT2D eigenvalue weighted by molar-refractivity contribution is 0.514. The van der Waals surface area contributed by atoms with Gasteiger partial charge in [-0.3, -0.25) is 0 Å². The molecule has 0 saturated heterocycles. The number of hydrogen-bond acceptors (Lipinski definition) is 2. The zero-order chi connectivity index (χ0) is 6.62. The fourth-order valence-corrected chi connectivity index (χ4v) is 0.566. The van der Waals surface area contributed by atoms with Crippen LogP contribution in [0.5, 0.6) is 0 Å². The number of halogens is 1. The van der Waals surface area contributed by atoms with Crippen molar-refractivity contribution in [3.63, 3.8) is 0 Å². The minimum Gasteiger partial charge on any atom is -0.250 e. The van der Waals surface area contributed by atoms with E-state index in [4.69, 9.17) is 0 Å². The second-order valence-electron chi connectivity index (χ2n) is 1.16. The SMILES string of the molecule is C[N]S(=O)(=O)CCF. The summed E-state index contributed by atoms with van der Waals surface area (Å²) in [4.78, 5) is 0. The van der Waals surface area contributed by atoms with E-state index < -0.39 is 22.5 Å². The number of nitrogens with zero attached hydrogens (tertiary/aromatic N) is 1. The lowest BCUT2D eigenvalue weighted by Crippen LogP contribution is -2.16. The average Bonchev–Trinajstić information content (AvgIpc) is 1.67. The molecule has 0 unspecified atom stereocenters. The normalized spacial score (nSPS) is 11.8. The van der Waals surface area contributed by atoms with Crippen molar-refractivity contribution in [2.45, 2.75) is 0 Å². The molecule has 0 saturated carbocycles. The molecule has 3 nitrogen and oxygen atoms in total. The summed E-state index contributed by atoms with van der Waals surface area (Å²) in [7, 11) is -2.29. The zero-order valence-corrected chi connectivity index (χ0v) is 5.28. The molecular weight excluding hydrogens is 133 g/mol. The predicted molar refractivity (Wildman–Crippen MR) is 27.8 cm³/mol. The number of alkyl halides is 1. The van der Waals surface area contributed by atoms with Crippen molar-refractivity contribution >= 4 is 10.0 Å². The van der Waals surface area contributed by atoms with Crippen molar-refractivity contribution in [1.82, 2.24) is 4.72 Å². The van der Waals surface area contributed by atoms with Crippen molar-refractivity contribution in [1.29, 1.82) is 0 Å². The van der Waals surface area contributed by atoms with Crippen molar-refractivity contribution in [3.8, 4) is 0 Å². The van der Waals surface area contributed by atoms with Crippen LogP contribution in [-0.4, -0.2) is 27.9 Å².